The number of benzene rings is 1. The first-order valence-corrected chi connectivity index (χ1v) is 5.95. The van der Waals surface area contributed by atoms with Crippen molar-refractivity contribution < 1.29 is 17.5 Å². The lowest BCUT2D eigenvalue weighted by Crippen LogP contribution is -1.93. The van der Waals surface area contributed by atoms with Crippen LogP contribution in [0.5, 0.6) is 0 Å². The Morgan fingerprint density at radius 3 is 2.50 bits per heavy atom. The second-order valence-corrected chi connectivity index (χ2v) is 4.66. The molecule has 84 valence electrons. The molecule has 1 heterocycles. The zero-order chi connectivity index (χ0) is 11.6. The van der Waals surface area contributed by atoms with E-state index < -0.39 is 10.0 Å². The molecule has 1 aromatic carbocycles. The highest BCUT2D eigenvalue weighted by molar-refractivity contribution is 7.93. The predicted molar refractivity (Wildman–Crippen MR) is 56.7 cm³/mol. The first kappa shape index (κ1) is 10.8. The van der Waals surface area contributed by atoms with Crippen LogP contribution in [0.25, 0.3) is 0 Å². The molecule has 0 N–H and O–H groups in total. The summed E-state index contributed by atoms with van der Waals surface area (Å²) in [4.78, 5) is 0. The van der Waals surface area contributed by atoms with Crippen molar-refractivity contribution in [1.82, 2.24) is 0 Å². The Kier molecular flexibility index (Phi) is 2.74. The summed E-state index contributed by atoms with van der Waals surface area (Å²) in [6.07, 6.45) is 1.14. The van der Waals surface area contributed by atoms with Gasteiger partial charge in [0.05, 0.1) is 11.6 Å². The highest BCUT2D eigenvalue weighted by atomic mass is 32.2. The molecule has 0 bridgehead atoms. The molecule has 0 fully saturated rings. The van der Waals surface area contributed by atoms with Gasteiger partial charge < -0.3 is 4.74 Å². The zero-order valence-corrected chi connectivity index (χ0v) is 8.95. The molecule has 4 nitrogen and oxygen atoms in total. The zero-order valence-electron chi connectivity index (χ0n) is 8.13. The summed E-state index contributed by atoms with van der Waals surface area (Å²) in [5.74, 6) is -0.141. The second kappa shape index (κ2) is 4.05. The summed E-state index contributed by atoms with van der Waals surface area (Å²) in [6, 6.07) is 5.76. The molecule has 1 aliphatic heterocycles. The summed E-state index contributed by atoms with van der Waals surface area (Å²) in [5, 5.41) is 0.941. The van der Waals surface area contributed by atoms with Crippen molar-refractivity contribution in [2.75, 3.05) is 0 Å². The van der Waals surface area contributed by atoms with Gasteiger partial charge in [-0.2, -0.15) is 12.8 Å². The molecular weight excluding hydrogens is 233 g/mol. The fourth-order valence-corrected chi connectivity index (χ4v) is 1.89. The van der Waals surface area contributed by atoms with Crippen LogP contribution in [0.4, 0.5) is 4.39 Å². The summed E-state index contributed by atoms with van der Waals surface area (Å²) in [7, 11) is -3.48. The summed E-state index contributed by atoms with van der Waals surface area (Å²) >= 11 is 0. The molecule has 0 saturated carbocycles. The van der Waals surface area contributed by atoms with Gasteiger partial charge in [-0.1, -0.05) is 12.1 Å². The number of ether oxygens (including phenoxy) is 1. The summed E-state index contributed by atoms with van der Waals surface area (Å²) in [6.45, 7) is 0.174. The number of hydrogen-bond acceptors (Lipinski definition) is 3. The van der Waals surface area contributed by atoms with Crippen LogP contribution in [0.3, 0.4) is 0 Å². The maximum atomic E-state index is 12.6. The van der Waals surface area contributed by atoms with Crippen molar-refractivity contribution in [2.24, 2.45) is 4.40 Å². The number of halogens is 1. The lowest BCUT2D eigenvalue weighted by atomic mass is 10.2. The lowest BCUT2D eigenvalue weighted by molar-refractivity contribution is 0.220. The lowest BCUT2D eigenvalue weighted by Gasteiger charge is -2.03. The Balaban J connectivity index is 1.99. The summed E-state index contributed by atoms with van der Waals surface area (Å²) < 4.78 is 42.8. The molecule has 6 heteroatoms. The van der Waals surface area contributed by atoms with Gasteiger partial charge in [-0.05, 0) is 17.7 Å². The standard InChI is InChI=1S/C10H8FNO3S/c11-9-3-1-8(2-4-9)6-15-10-5-12-16(13,14)7-10/h1-5,7H,6H2. The third kappa shape index (κ3) is 2.66. The molecule has 0 spiro atoms. The molecule has 2 rings (SSSR count). The van der Waals surface area contributed by atoms with Gasteiger partial charge in [0, 0.05) is 0 Å². The van der Waals surface area contributed by atoms with E-state index in [2.05, 4.69) is 4.40 Å². The highest BCUT2D eigenvalue weighted by Crippen LogP contribution is 2.12. The molecule has 1 aromatic rings. The number of sulfonamides is 1. The molecule has 0 unspecified atom stereocenters. The largest absolute Gasteiger partial charge is 0.486 e. The molecule has 0 saturated heterocycles. The van der Waals surface area contributed by atoms with Gasteiger partial charge in [0.1, 0.15) is 12.4 Å². The van der Waals surface area contributed by atoms with E-state index in [4.69, 9.17) is 4.74 Å². The molecule has 0 atom stereocenters. The number of rotatable bonds is 3. The van der Waals surface area contributed by atoms with Crippen LogP contribution >= 0.6 is 0 Å². The van der Waals surface area contributed by atoms with Gasteiger partial charge in [0.15, 0.2) is 5.76 Å². The van der Waals surface area contributed by atoms with Crippen molar-refractivity contribution >= 4 is 16.2 Å². The second-order valence-electron chi connectivity index (χ2n) is 3.18. The van der Waals surface area contributed by atoms with E-state index >= 15 is 0 Å². The van der Waals surface area contributed by atoms with Gasteiger partial charge in [0.25, 0.3) is 10.0 Å². The van der Waals surface area contributed by atoms with Gasteiger partial charge >= 0.3 is 0 Å². The number of allylic oxidation sites excluding steroid dienone is 1. The Morgan fingerprint density at radius 2 is 1.94 bits per heavy atom. The first-order valence-electron chi connectivity index (χ1n) is 4.44. The van der Waals surface area contributed by atoms with Crippen LogP contribution in [0, 0.1) is 5.82 Å². The van der Waals surface area contributed by atoms with E-state index in [0.717, 1.165) is 17.2 Å². The van der Waals surface area contributed by atoms with Crippen molar-refractivity contribution in [2.45, 2.75) is 6.61 Å². The van der Waals surface area contributed by atoms with E-state index in [1.165, 1.54) is 12.1 Å². The molecule has 0 aliphatic carbocycles. The average Bonchev–Trinajstić information content (AvgIpc) is 2.58. The Labute approximate surface area is 92.1 Å². The molecule has 0 amide bonds. The van der Waals surface area contributed by atoms with Gasteiger partial charge in [0.2, 0.25) is 0 Å². The van der Waals surface area contributed by atoms with Crippen molar-refractivity contribution in [1.29, 1.82) is 0 Å². The van der Waals surface area contributed by atoms with E-state index in [0.29, 0.717) is 0 Å². The van der Waals surface area contributed by atoms with Gasteiger partial charge in [-0.15, -0.1) is 0 Å². The molecule has 0 aromatic heterocycles. The van der Waals surface area contributed by atoms with Gasteiger partial charge in [-0.3, -0.25) is 0 Å². The minimum absolute atomic E-state index is 0.174. The Morgan fingerprint density at radius 1 is 1.25 bits per heavy atom. The fraction of sp³-hybridized carbons (Fsp3) is 0.100. The van der Waals surface area contributed by atoms with E-state index in [-0.39, 0.29) is 18.2 Å². The average molecular weight is 241 g/mol. The van der Waals surface area contributed by atoms with Crippen LogP contribution in [0.2, 0.25) is 0 Å². The number of hydrogen-bond donors (Lipinski definition) is 0. The highest BCUT2D eigenvalue weighted by Gasteiger charge is 2.13. The third-order valence-electron chi connectivity index (χ3n) is 1.91. The van der Waals surface area contributed by atoms with Crippen LogP contribution in [0.15, 0.2) is 39.8 Å². The van der Waals surface area contributed by atoms with Crippen molar-refractivity contribution in [3.63, 3.8) is 0 Å². The minimum Gasteiger partial charge on any atom is -0.486 e. The quantitative estimate of drug-likeness (QED) is 0.807. The molecule has 1 aliphatic rings. The predicted octanol–water partition coefficient (Wildman–Crippen LogP) is 1.60. The SMILES string of the molecule is O=S1(=O)C=C(OCc2ccc(F)cc2)C=N1. The van der Waals surface area contributed by atoms with E-state index in [9.17, 15) is 12.8 Å². The molecule has 16 heavy (non-hydrogen) atoms. The van der Waals surface area contributed by atoms with E-state index in [1.807, 2.05) is 0 Å². The number of nitrogens with zero attached hydrogens (tertiary/aromatic N) is 1. The normalized spacial score (nSPS) is 17.2. The van der Waals surface area contributed by atoms with Crippen LogP contribution in [0.1, 0.15) is 5.56 Å². The Hall–Kier alpha value is -1.69. The topological polar surface area (TPSA) is 55.7 Å². The minimum atomic E-state index is -3.48. The molecular formula is C10H8FNO3S. The first-order chi connectivity index (χ1) is 7.55. The fourth-order valence-electron chi connectivity index (χ4n) is 1.15. The van der Waals surface area contributed by atoms with Crippen molar-refractivity contribution in [3.8, 4) is 0 Å². The van der Waals surface area contributed by atoms with Crippen molar-refractivity contribution in [3.05, 3.63) is 46.8 Å². The van der Waals surface area contributed by atoms with Crippen LogP contribution in [-0.2, 0) is 21.4 Å². The van der Waals surface area contributed by atoms with Gasteiger partial charge in [-0.25, -0.2) is 4.39 Å². The van der Waals surface area contributed by atoms with Crippen LogP contribution < -0.4 is 0 Å². The summed E-state index contributed by atoms with van der Waals surface area (Å²) in [5.41, 5.74) is 0.750. The third-order valence-corrected chi connectivity index (χ3v) is 2.84. The maximum Gasteiger partial charge on any atom is 0.279 e. The van der Waals surface area contributed by atoms with E-state index in [1.54, 1.807) is 12.1 Å². The smallest absolute Gasteiger partial charge is 0.279 e. The van der Waals surface area contributed by atoms with Crippen LogP contribution in [-0.4, -0.2) is 14.6 Å². The maximum absolute atomic E-state index is 12.6. The molecule has 0 radical (unpaired) electrons. The Bertz CT molecular complexity index is 546. The monoisotopic (exact) mass is 241 g/mol.